The summed E-state index contributed by atoms with van der Waals surface area (Å²) in [5.74, 6) is -0.125. The molecule has 1 fully saturated rings. The van der Waals surface area contributed by atoms with Crippen LogP contribution in [0.5, 0.6) is 5.75 Å². The lowest BCUT2D eigenvalue weighted by Gasteiger charge is -2.35. The SMILES string of the molecule is N#Cc1ccc(N2CCN(C(=O)CCOC[C@H](Oc3cn[nH]c(=O)c3C(F)(F)F)c3ccncc3)CC2)nc1. The Labute approximate surface area is 220 Å². The number of halogens is 3. The number of nitriles is 1. The zero-order valence-electron chi connectivity index (χ0n) is 20.6. The van der Waals surface area contributed by atoms with Crippen molar-refractivity contribution in [3.05, 3.63) is 76.1 Å². The van der Waals surface area contributed by atoms with Gasteiger partial charge in [0.05, 0.1) is 31.4 Å². The van der Waals surface area contributed by atoms with Crippen LogP contribution in [0.2, 0.25) is 0 Å². The Balaban J connectivity index is 1.31. The molecule has 1 N–H and O–H groups in total. The third kappa shape index (κ3) is 7.08. The third-order valence-corrected chi connectivity index (χ3v) is 6.01. The summed E-state index contributed by atoms with van der Waals surface area (Å²) in [7, 11) is 0. The standard InChI is InChI=1S/C25H24F3N7O4/c26-25(27,28)23-19(15-32-33-24(23)37)39-20(18-3-6-30-7-4-18)16-38-12-5-22(36)35-10-8-34(9-11-35)21-2-1-17(13-29)14-31-21/h1-4,6-7,14-15,20H,5,8-12,16H2,(H,33,37)/t20-/m0/s1. The third-order valence-electron chi connectivity index (χ3n) is 6.01. The van der Waals surface area contributed by atoms with Gasteiger partial charge in [-0.05, 0) is 29.8 Å². The van der Waals surface area contributed by atoms with Crippen LogP contribution in [0.4, 0.5) is 19.0 Å². The van der Waals surface area contributed by atoms with Crippen LogP contribution in [-0.4, -0.2) is 70.4 Å². The zero-order valence-corrected chi connectivity index (χ0v) is 20.6. The molecule has 204 valence electrons. The number of piperazine rings is 1. The van der Waals surface area contributed by atoms with Crippen molar-refractivity contribution in [1.29, 1.82) is 5.26 Å². The Kier molecular flexibility index (Phi) is 8.72. The molecule has 11 nitrogen and oxygen atoms in total. The van der Waals surface area contributed by atoms with E-state index in [0.717, 1.165) is 12.0 Å². The summed E-state index contributed by atoms with van der Waals surface area (Å²) in [4.78, 5) is 36.4. The molecule has 1 saturated heterocycles. The van der Waals surface area contributed by atoms with E-state index in [1.807, 2.05) is 11.0 Å². The number of hydrogen-bond acceptors (Lipinski definition) is 9. The fraction of sp³-hybridized carbons (Fsp3) is 0.360. The smallest absolute Gasteiger partial charge is 0.425 e. The Morgan fingerprint density at radius 3 is 2.51 bits per heavy atom. The predicted molar refractivity (Wildman–Crippen MR) is 131 cm³/mol. The summed E-state index contributed by atoms with van der Waals surface area (Å²) in [5, 5.41) is 14.1. The number of rotatable bonds is 9. The van der Waals surface area contributed by atoms with Gasteiger partial charge in [-0.1, -0.05) is 0 Å². The maximum absolute atomic E-state index is 13.5. The van der Waals surface area contributed by atoms with E-state index in [0.29, 0.717) is 37.3 Å². The van der Waals surface area contributed by atoms with Crippen LogP contribution in [0.25, 0.3) is 0 Å². The second-order valence-electron chi connectivity index (χ2n) is 8.53. The number of anilines is 1. The van der Waals surface area contributed by atoms with Gasteiger partial charge >= 0.3 is 6.18 Å². The summed E-state index contributed by atoms with van der Waals surface area (Å²) in [5.41, 5.74) is -1.98. The number of aromatic amines is 1. The number of carbonyl (C=O) groups is 1. The van der Waals surface area contributed by atoms with Gasteiger partial charge in [-0.3, -0.25) is 14.6 Å². The van der Waals surface area contributed by atoms with Crippen molar-refractivity contribution in [3.63, 3.8) is 0 Å². The largest absolute Gasteiger partial charge is 0.481 e. The Morgan fingerprint density at radius 1 is 1.13 bits per heavy atom. The van der Waals surface area contributed by atoms with Crippen molar-refractivity contribution in [1.82, 2.24) is 25.1 Å². The lowest BCUT2D eigenvalue weighted by Crippen LogP contribution is -2.49. The first-order valence-corrected chi connectivity index (χ1v) is 11.9. The lowest BCUT2D eigenvalue weighted by molar-refractivity contribution is -0.141. The van der Waals surface area contributed by atoms with Gasteiger partial charge in [0, 0.05) is 44.8 Å². The number of amides is 1. The molecule has 0 radical (unpaired) electrons. The summed E-state index contributed by atoms with van der Waals surface area (Å²) in [6.45, 7) is 1.96. The number of pyridine rings is 2. The second-order valence-corrected chi connectivity index (χ2v) is 8.53. The lowest BCUT2D eigenvalue weighted by atomic mass is 10.1. The molecular formula is C25H24F3N7O4. The molecule has 0 unspecified atom stereocenters. The van der Waals surface area contributed by atoms with E-state index in [1.165, 1.54) is 18.6 Å². The minimum absolute atomic E-state index is 0.0148. The molecule has 14 heteroatoms. The quantitative estimate of drug-likeness (QED) is 0.403. The number of ether oxygens (including phenoxy) is 2. The van der Waals surface area contributed by atoms with Crippen molar-refractivity contribution < 1.29 is 27.4 Å². The average molecular weight is 544 g/mol. The molecule has 1 amide bonds. The van der Waals surface area contributed by atoms with E-state index in [2.05, 4.69) is 15.1 Å². The molecule has 0 spiro atoms. The van der Waals surface area contributed by atoms with Crippen LogP contribution in [0, 0.1) is 11.3 Å². The van der Waals surface area contributed by atoms with E-state index in [9.17, 15) is 22.8 Å². The number of hydrogen-bond donors (Lipinski definition) is 1. The Hall–Kier alpha value is -4.51. The van der Waals surface area contributed by atoms with Gasteiger partial charge in [-0.2, -0.15) is 23.5 Å². The molecule has 0 bridgehead atoms. The number of alkyl halides is 3. The van der Waals surface area contributed by atoms with Crippen molar-refractivity contribution in [3.8, 4) is 11.8 Å². The van der Waals surface area contributed by atoms with Gasteiger partial charge in [0.1, 0.15) is 18.0 Å². The molecular weight excluding hydrogens is 519 g/mol. The van der Waals surface area contributed by atoms with Crippen LogP contribution in [0.3, 0.4) is 0 Å². The van der Waals surface area contributed by atoms with Gasteiger partial charge < -0.3 is 19.3 Å². The van der Waals surface area contributed by atoms with Crippen molar-refractivity contribution in [2.24, 2.45) is 0 Å². The van der Waals surface area contributed by atoms with E-state index >= 15 is 0 Å². The molecule has 3 aromatic heterocycles. The molecule has 0 saturated carbocycles. The summed E-state index contributed by atoms with van der Waals surface area (Å²) in [6.07, 6.45) is -0.721. The molecule has 0 aromatic carbocycles. The normalized spacial score (nSPS) is 14.5. The molecule has 0 aliphatic carbocycles. The van der Waals surface area contributed by atoms with Crippen molar-refractivity contribution in [2.75, 3.05) is 44.3 Å². The van der Waals surface area contributed by atoms with E-state index in [1.54, 1.807) is 34.3 Å². The first-order chi connectivity index (χ1) is 18.8. The molecule has 1 atom stereocenters. The van der Waals surface area contributed by atoms with Gasteiger partial charge in [-0.15, -0.1) is 0 Å². The monoisotopic (exact) mass is 543 g/mol. The molecule has 1 aliphatic heterocycles. The van der Waals surface area contributed by atoms with Crippen LogP contribution >= 0.6 is 0 Å². The highest BCUT2D eigenvalue weighted by molar-refractivity contribution is 5.76. The van der Waals surface area contributed by atoms with Crippen LogP contribution in [0.15, 0.2) is 53.8 Å². The fourth-order valence-corrected chi connectivity index (χ4v) is 4.00. The van der Waals surface area contributed by atoms with Gasteiger partial charge in [0.2, 0.25) is 5.91 Å². The maximum Gasteiger partial charge on any atom is 0.425 e. The van der Waals surface area contributed by atoms with Gasteiger partial charge in [-0.25, -0.2) is 10.1 Å². The topological polar surface area (TPSA) is 137 Å². The Morgan fingerprint density at radius 2 is 1.87 bits per heavy atom. The first kappa shape index (κ1) is 27.5. The molecule has 1 aliphatic rings. The fourth-order valence-electron chi connectivity index (χ4n) is 4.00. The number of nitrogens with zero attached hydrogens (tertiary/aromatic N) is 6. The average Bonchev–Trinajstić information content (AvgIpc) is 2.94. The Bertz CT molecular complexity index is 1350. The number of H-pyrrole nitrogens is 1. The number of nitrogens with one attached hydrogen (secondary N) is 1. The van der Waals surface area contributed by atoms with Crippen LogP contribution < -0.4 is 15.2 Å². The highest BCUT2D eigenvalue weighted by Crippen LogP contribution is 2.34. The predicted octanol–water partition coefficient (Wildman–Crippen LogP) is 2.33. The van der Waals surface area contributed by atoms with E-state index in [4.69, 9.17) is 14.7 Å². The molecule has 4 rings (SSSR count). The molecule has 3 aromatic rings. The van der Waals surface area contributed by atoms with E-state index in [-0.39, 0.29) is 25.5 Å². The summed E-state index contributed by atoms with van der Waals surface area (Å²) < 4.78 is 51.5. The van der Waals surface area contributed by atoms with Crippen molar-refractivity contribution >= 4 is 11.7 Å². The van der Waals surface area contributed by atoms with Crippen molar-refractivity contribution in [2.45, 2.75) is 18.7 Å². The van der Waals surface area contributed by atoms with Gasteiger partial charge in [0.25, 0.3) is 5.56 Å². The van der Waals surface area contributed by atoms with E-state index < -0.39 is 29.2 Å². The summed E-state index contributed by atoms with van der Waals surface area (Å²) >= 11 is 0. The van der Waals surface area contributed by atoms with Gasteiger partial charge in [0.15, 0.2) is 11.3 Å². The molecule has 4 heterocycles. The highest BCUT2D eigenvalue weighted by atomic mass is 19.4. The number of carbonyl (C=O) groups excluding carboxylic acids is 1. The first-order valence-electron chi connectivity index (χ1n) is 11.9. The minimum atomic E-state index is -4.96. The van der Waals surface area contributed by atoms with Crippen LogP contribution in [-0.2, 0) is 15.7 Å². The zero-order chi connectivity index (χ0) is 27.8. The minimum Gasteiger partial charge on any atom is -0.481 e. The second kappa shape index (κ2) is 12.4. The van der Waals surface area contributed by atoms with Crippen LogP contribution in [0.1, 0.15) is 29.2 Å². The highest BCUT2D eigenvalue weighted by Gasteiger charge is 2.39. The summed E-state index contributed by atoms with van der Waals surface area (Å²) in [6, 6.07) is 8.58. The molecule has 39 heavy (non-hydrogen) atoms. The number of aromatic nitrogens is 4. The maximum atomic E-state index is 13.5.